The van der Waals surface area contributed by atoms with E-state index in [1.807, 2.05) is 0 Å². The smallest absolute Gasteiger partial charge is 0.356 e. The maximum absolute atomic E-state index is 12.4. The quantitative estimate of drug-likeness (QED) is 0.901. The highest BCUT2D eigenvalue weighted by atomic mass is 32.1. The van der Waals surface area contributed by atoms with Crippen molar-refractivity contribution in [1.82, 2.24) is 19.7 Å². The van der Waals surface area contributed by atoms with E-state index in [1.54, 1.807) is 16.2 Å². The summed E-state index contributed by atoms with van der Waals surface area (Å²) in [6.45, 7) is 5.85. The fourth-order valence-electron chi connectivity index (χ4n) is 2.49. The highest BCUT2D eigenvalue weighted by molar-refractivity contribution is 7.09. The van der Waals surface area contributed by atoms with E-state index in [9.17, 15) is 9.59 Å². The van der Waals surface area contributed by atoms with Crippen LogP contribution < -0.4 is 0 Å². The Hall–Kier alpha value is -2.22. The molecule has 1 amide bonds. The van der Waals surface area contributed by atoms with Crippen molar-refractivity contribution in [2.45, 2.75) is 32.7 Å². The molecule has 0 bridgehead atoms. The Balaban J connectivity index is 1.67. The number of fused-ring (bicyclic) bond motifs is 1. The van der Waals surface area contributed by atoms with Crippen molar-refractivity contribution in [3.8, 4) is 0 Å². The summed E-state index contributed by atoms with van der Waals surface area (Å²) in [5.41, 5.74) is 1.34. The number of aromatic carboxylic acids is 1. The van der Waals surface area contributed by atoms with Crippen LogP contribution >= 0.6 is 11.3 Å². The third-order valence-corrected chi connectivity index (χ3v) is 4.77. The number of aromatic nitrogens is 3. The minimum absolute atomic E-state index is 0.0864. The molecule has 1 aliphatic heterocycles. The summed E-state index contributed by atoms with van der Waals surface area (Å²) >= 11 is 1.62. The van der Waals surface area contributed by atoms with Crippen LogP contribution in [0.2, 0.25) is 0 Å². The molecule has 0 aliphatic carbocycles. The summed E-state index contributed by atoms with van der Waals surface area (Å²) in [6.07, 6.45) is 0.711. The largest absolute Gasteiger partial charge is 0.476 e. The summed E-state index contributed by atoms with van der Waals surface area (Å²) in [4.78, 5) is 29.7. The van der Waals surface area contributed by atoms with Crippen molar-refractivity contribution in [1.29, 1.82) is 0 Å². The molecule has 0 radical (unpaired) electrons. The number of hydrogen-bond donors (Lipinski definition) is 1. The zero-order chi connectivity index (χ0) is 16.6. The van der Waals surface area contributed by atoms with Gasteiger partial charge in [0, 0.05) is 31.0 Å². The lowest BCUT2D eigenvalue weighted by Crippen LogP contribution is -2.41. The van der Waals surface area contributed by atoms with Gasteiger partial charge in [-0.25, -0.2) is 9.78 Å². The summed E-state index contributed by atoms with van der Waals surface area (Å²) in [5.74, 6) is -0.882. The van der Waals surface area contributed by atoms with Crippen molar-refractivity contribution in [3.05, 3.63) is 33.5 Å². The highest BCUT2D eigenvalue weighted by Crippen LogP contribution is 2.19. The molecule has 2 aromatic heterocycles. The first kappa shape index (κ1) is 15.7. The molecule has 1 N–H and O–H groups in total. The summed E-state index contributed by atoms with van der Waals surface area (Å²) in [6, 6.07) is 1.34. The van der Waals surface area contributed by atoms with E-state index in [0.29, 0.717) is 37.7 Å². The van der Waals surface area contributed by atoms with E-state index in [1.165, 1.54) is 10.7 Å². The molecule has 0 aromatic carbocycles. The van der Waals surface area contributed by atoms with Crippen LogP contribution in [0, 0.1) is 0 Å². The minimum atomic E-state index is -1.12. The molecule has 122 valence electrons. The number of carbonyl (C=O) groups excluding carboxylic acids is 1. The Morgan fingerprint density at radius 3 is 2.87 bits per heavy atom. The van der Waals surface area contributed by atoms with Crippen molar-refractivity contribution in [3.63, 3.8) is 0 Å². The monoisotopic (exact) mass is 334 g/mol. The van der Waals surface area contributed by atoms with Crippen LogP contribution in [0.3, 0.4) is 0 Å². The Kier molecular flexibility index (Phi) is 4.16. The van der Waals surface area contributed by atoms with E-state index in [4.69, 9.17) is 5.11 Å². The molecule has 1 aliphatic rings. The van der Waals surface area contributed by atoms with Crippen LogP contribution in [0.4, 0.5) is 0 Å². The van der Waals surface area contributed by atoms with Gasteiger partial charge < -0.3 is 10.0 Å². The fourth-order valence-corrected chi connectivity index (χ4v) is 3.44. The molecule has 7 nitrogen and oxygen atoms in total. The zero-order valence-corrected chi connectivity index (χ0v) is 13.8. The van der Waals surface area contributed by atoms with Crippen molar-refractivity contribution in [2.75, 3.05) is 13.1 Å². The number of thiazole rings is 1. The van der Waals surface area contributed by atoms with Gasteiger partial charge in [0.2, 0.25) is 0 Å². The lowest BCUT2D eigenvalue weighted by atomic mass is 10.2. The van der Waals surface area contributed by atoms with E-state index in [0.717, 1.165) is 10.7 Å². The van der Waals surface area contributed by atoms with Crippen molar-refractivity contribution >= 4 is 23.2 Å². The summed E-state index contributed by atoms with van der Waals surface area (Å²) in [5, 5.41) is 16.0. The molecule has 3 heterocycles. The standard InChI is InChI=1S/C15H18N4O3S/c1-9(2)11-8-23-13(16-11)3-4-18-5-6-19-12(14(18)20)7-10(17-19)15(21)22/h7-9H,3-6H2,1-2H3,(H,21,22). The van der Waals surface area contributed by atoms with Gasteiger partial charge in [-0.2, -0.15) is 5.10 Å². The third kappa shape index (κ3) is 3.12. The molecule has 0 unspecified atom stereocenters. The Bertz CT molecular complexity index is 750. The van der Waals surface area contributed by atoms with Crippen LogP contribution in [0.25, 0.3) is 0 Å². The second-order valence-corrected chi connectivity index (χ2v) is 6.75. The predicted molar refractivity (Wildman–Crippen MR) is 85.0 cm³/mol. The predicted octanol–water partition coefficient (Wildman–Crippen LogP) is 1.86. The number of nitrogens with zero attached hydrogens (tertiary/aromatic N) is 4. The maximum Gasteiger partial charge on any atom is 0.356 e. The SMILES string of the molecule is CC(C)c1csc(CCN2CCn3nc(C(=O)O)cc3C2=O)n1. The summed E-state index contributed by atoms with van der Waals surface area (Å²) in [7, 11) is 0. The lowest BCUT2D eigenvalue weighted by Gasteiger charge is -2.27. The van der Waals surface area contributed by atoms with Crippen LogP contribution in [0.5, 0.6) is 0 Å². The molecule has 8 heteroatoms. The first-order valence-corrected chi connectivity index (χ1v) is 8.38. The average Bonchev–Trinajstić information content (AvgIpc) is 3.13. The van der Waals surface area contributed by atoms with E-state index < -0.39 is 5.97 Å². The Labute approximate surface area is 137 Å². The van der Waals surface area contributed by atoms with Crippen LogP contribution in [-0.4, -0.2) is 49.7 Å². The summed E-state index contributed by atoms with van der Waals surface area (Å²) < 4.78 is 1.47. The topological polar surface area (TPSA) is 88.3 Å². The molecular formula is C15H18N4O3S. The maximum atomic E-state index is 12.4. The van der Waals surface area contributed by atoms with Gasteiger partial charge in [0.25, 0.3) is 5.91 Å². The lowest BCUT2D eigenvalue weighted by molar-refractivity contribution is 0.0678. The number of rotatable bonds is 5. The number of carbonyl (C=O) groups is 2. The van der Waals surface area contributed by atoms with Gasteiger partial charge in [0.1, 0.15) is 5.69 Å². The Morgan fingerprint density at radius 1 is 1.43 bits per heavy atom. The molecular weight excluding hydrogens is 316 g/mol. The Morgan fingerprint density at radius 2 is 2.22 bits per heavy atom. The second-order valence-electron chi connectivity index (χ2n) is 5.81. The molecule has 2 aromatic rings. The van der Waals surface area contributed by atoms with Crippen molar-refractivity contribution in [2.24, 2.45) is 0 Å². The molecule has 0 saturated carbocycles. The van der Waals surface area contributed by atoms with E-state index >= 15 is 0 Å². The van der Waals surface area contributed by atoms with Gasteiger partial charge in [0.05, 0.1) is 17.2 Å². The normalized spacial score (nSPS) is 14.4. The average molecular weight is 334 g/mol. The van der Waals surface area contributed by atoms with Crippen LogP contribution in [0.1, 0.15) is 51.4 Å². The first-order chi connectivity index (χ1) is 11.0. The molecule has 3 rings (SSSR count). The van der Waals surface area contributed by atoms with Gasteiger partial charge in [-0.3, -0.25) is 9.48 Å². The number of carboxylic acid groups (broad SMARTS) is 1. The number of amides is 1. The molecule has 0 saturated heterocycles. The second kappa shape index (κ2) is 6.11. The molecule has 0 spiro atoms. The van der Waals surface area contributed by atoms with Crippen molar-refractivity contribution < 1.29 is 14.7 Å². The fraction of sp³-hybridized carbons (Fsp3) is 0.467. The highest BCUT2D eigenvalue weighted by Gasteiger charge is 2.27. The van der Waals surface area contributed by atoms with E-state index in [-0.39, 0.29) is 11.6 Å². The molecule has 23 heavy (non-hydrogen) atoms. The molecule has 0 atom stereocenters. The number of carboxylic acids is 1. The van der Waals surface area contributed by atoms with E-state index in [2.05, 4.69) is 29.3 Å². The van der Waals surface area contributed by atoms with Crippen LogP contribution in [0.15, 0.2) is 11.4 Å². The number of hydrogen-bond acceptors (Lipinski definition) is 5. The molecule has 0 fully saturated rings. The first-order valence-electron chi connectivity index (χ1n) is 7.50. The van der Waals surface area contributed by atoms with Gasteiger partial charge in [-0.05, 0) is 5.92 Å². The van der Waals surface area contributed by atoms with Gasteiger partial charge in [-0.1, -0.05) is 13.8 Å². The van der Waals surface area contributed by atoms with Crippen LogP contribution in [-0.2, 0) is 13.0 Å². The van der Waals surface area contributed by atoms with Gasteiger partial charge in [-0.15, -0.1) is 11.3 Å². The zero-order valence-electron chi connectivity index (χ0n) is 13.0. The minimum Gasteiger partial charge on any atom is -0.476 e. The third-order valence-electron chi connectivity index (χ3n) is 3.84. The van der Waals surface area contributed by atoms with Gasteiger partial charge >= 0.3 is 5.97 Å². The van der Waals surface area contributed by atoms with Gasteiger partial charge in [0.15, 0.2) is 5.69 Å².